The summed E-state index contributed by atoms with van der Waals surface area (Å²) >= 11 is 0. The number of hydrogen-bond donors (Lipinski definition) is 2. The lowest BCUT2D eigenvalue weighted by Crippen LogP contribution is -2.41. The number of benzene rings is 1. The Morgan fingerprint density at radius 3 is 2.70 bits per heavy atom. The molecule has 3 atom stereocenters. The summed E-state index contributed by atoms with van der Waals surface area (Å²) < 4.78 is 11.2. The van der Waals surface area contributed by atoms with Crippen LogP contribution in [0.1, 0.15) is 6.42 Å². The minimum Gasteiger partial charge on any atom is -0.486 e. The van der Waals surface area contributed by atoms with E-state index in [2.05, 4.69) is 5.32 Å². The molecule has 2 aliphatic rings. The normalized spacial score (nSPS) is 26.7. The van der Waals surface area contributed by atoms with Gasteiger partial charge in [-0.2, -0.15) is 0 Å². The molecule has 0 saturated heterocycles. The molecule has 106 valence electrons. The molecule has 1 fully saturated rings. The largest absolute Gasteiger partial charge is 0.486 e. The van der Waals surface area contributed by atoms with Crippen molar-refractivity contribution in [2.45, 2.75) is 12.5 Å². The number of rotatable bonds is 4. The predicted octanol–water partition coefficient (Wildman–Crippen LogP) is 0.663. The quantitative estimate of drug-likeness (QED) is 0.844. The number of amides is 1. The van der Waals surface area contributed by atoms with Gasteiger partial charge in [0.15, 0.2) is 11.5 Å². The van der Waals surface area contributed by atoms with Crippen LogP contribution in [0.15, 0.2) is 24.3 Å². The number of carboxylic acid groups (broad SMARTS) is 1. The summed E-state index contributed by atoms with van der Waals surface area (Å²) in [5.41, 5.74) is 0. The van der Waals surface area contributed by atoms with Crippen LogP contribution in [0.5, 0.6) is 11.5 Å². The van der Waals surface area contributed by atoms with Gasteiger partial charge in [0, 0.05) is 0 Å². The van der Waals surface area contributed by atoms with Crippen molar-refractivity contribution < 1.29 is 24.2 Å². The molecule has 0 bridgehead atoms. The van der Waals surface area contributed by atoms with Crippen molar-refractivity contribution in [3.05, 3.63) is 24.3 Å². The third-order valence-electron chi connectivity index (χ3n) is 3.52. The first-order chi connectivity index (χ1) is 9.65. The van der Waals surface area contributed by atoms with Gasteiger partial charge >= 0.3 is 5.97 Å². The lowest BCUT2D eigenvalue weighted by molar-refractivity contribution is -0.140. The molecule has 0 spiro atoms. The van der Waals surface area contributed by atoms with Crippen LogP contribution in [-0.2, 0) is 9.59 Å². The number of para-hydroxylation sites is 2. The Labute approximate surface area is 115 Å². The molecule has 20 heavy (non-hydrogen) atoms. The molecule has 2 N–H and O–H groups in total. The van der Waals surface area contributed by atoms with Crippen molar-refractivity contribution in [2.24, 2.45) is 11.8 Å². The van der Waals surface area contributed by atoms with Gasteiger partial charge in [-0.1, -0.05) is 12.1 Å². The second-order valence-corrected chi connectivity index (χ2v) is 5.03. The Kier molecular flexibility index (Phi) is 3.22. The van der Waals surface area contributed by atoms with E-state index >= 15 is 0 Å². The predicted molar refractivity (Wildman–Crippen MR) is 68.6 cm³/mol. The number of aliphatic carboxylic acids is 1. The highest BCUT2D eigenvalue weighted by atomic mass is 16.6. The maximum absolute atomic E-state index is 11.7. The van der Waals surface area contributed by atoms with Crippen LogP contribution in [0.2, 0.25) is 0 Å². The summed E-state index contributed by atoms with van der Waals surface area (Å²) in [7, 11) is 0. The standard InChI is InChI=1S/C14H15NO5/c16-13(9-5-10(9)14(17)18)15-6-8-7-19-11-3-1-2-4-12(11)20-8/h1-4,8-10H,5-7H2,(H,15,16)(H,17,18)/t8?,9-,10+/m1/s1. The van der Waals surface area contributed by atoms with Crippen molar-refractivity contribution in [3.63, 3.8) is 0 Å². The number of ether oxygens (including phenoxy) is 2. The first kappa shape index (κ1) is 12.8. The highest BCUT2D eigenvalue weighted by Gasteiger charge is 2.48. The number of fused-ring (bicyclic) bond motifs is 1. The molecule has 1 aliphatic heterocycles. The third-order valence-corrected chi connectivity index (χ3v) is 3.52. The molecule has 0 aromatic heterocycles. The maximum Gasteiger partial charge on any atom is 0.307 e. The van der Waals surface area contributed by atoms with E-state index in [1.165, 1.54) is 0 Å². The molecule has 1 aromatic carbocycles. The van der Waals surface area contributed by atoms with Crippen LogP contribution < -0.4 is 14.8 Å². The van der Waals surface area contributed by atoms with E-state index in [1.807, 2.05) is 24.3 Å². The third kappa shape index (κ3) is 2.54. The number of nitrogens with one attached hydrogen (secondary N) is 1. The van der Waals surface area contributed by atoms with E-state index in [0.29, 0.717) is 31.1 Å². The van der Waals surface area contributed by atoms with E-state index in [1.54, 1.807) is 0 Å². The van der Waals surface area contributed by atoms with E-state index < -0.39 is 17.8 Å². The first-order valence-corrected chi connectivity index (χ1v) is 6.54. The van der Waals surface area contributed by atoms with Gasteiger partial charge in [0.05, 0.1) is 18.4 Å². The fourth-order valence-electron chi connectivity index (χ4n) is 2.27. The minimum absolute atomic E-state index is 0.222. The van der Waals surface area contributed by atoms with Gasteiger partial charge in [-0.05, 0) is 18.6 Å². The highest BCUT2D eigenvalue weighted by Crippen LogP contribution is 2.38. The SMILES string of the molecule is O=C(O)[C@H]1C[C@H]1C(=O)NCC1COc2ccccc2O1. The van der Waals surface area contributed by atoms with E-state index in [9.17, 15) is 9.59 Å². The second kappa shape index (κ2) is 5.03. The topological polar surface area (TPSA) is 84.9 Å². The molecular formula is C14H15NO5. The Morgan fingerprint density at radius 1 is 1.25 bits per heavy atom. The highest BCUT2D eigenvalue weighted by molar-refractivity contribution is 5.89. The van der Waals surface area contributed by atoms with Gasteiger partial charge in [0.25, 0.3) is 0 Å². The zero-order valence-corrected chi connectivity index (χ0v) is 10.7. The van der Waals surface area contributed by atoms with Crippen molar-refractivity contribution in [3.8, 4) is 11.5 Å². The lowest BCUT2D eigenvalue weighted by atomic mass is 10.2. The summed E-state index contributed by atoms with van der Waals surface area (Å²) in [6.07, 6.45) is 0.169. The van der Waals surface area contributed by atoms with Gasteiger partial charge < -0.3 is 19.9 Å². The molecule has 0 radical (unpaired) electrons. The average molecular weight is 277 g/mol. The second-order valence-electron chi connectivity index (χ2n) is 5.03. The molecule has 6 nitrogen and oxygen atoms in total. The van der Waals surface area contributed by atoms with Gasteiger partial charge in [-0.25, -0.2) is 0 Å². The van der Waals surface area contributed by atoms with Crippen molar-refractivity contribution in [1.29, 1.82) is 0 Å². The zero-order chi connectivity index (χ0) is 14.1. The summed E-state index contributed by atoms with van der Waals surface area (Å²) in [6, 6.07) is 7.35. The molecule has 1 heterocycles. The van der Waals surface area contributed by atoms with Crippen molar-refractivity contribution in [1.82, 2.24) is 5.32 Å². The Bertz CT molecular complexity index is 544. The first-order valence-electron chi connectivity index (χ1n) is 6.54. The van der Waals surface area contributed by atoms with Crippen LogP contribution >= 0.6 is 0 Å². The summed E-state index contributed by atoms with van der Waals surface area (Å²) in [4.78, 5) is 22.4. The van der Waals surface area contributed by atoms with Crippen molar-refractivity contribution >= 4 is 11.9 Å². The van der Waals surface area contributed by atoms with Crippen LogP contribution in [0.4, 0.5) is 0 Å². The Balaban J connectivity index is 1.49. The van der Waals surface area contributed by atoms with Gasteiger partial charge in [-0.3, -0.25) is 9.59 Å². The zero-order valence-electron chi connectivity index (χ0n) is 10.7. The minimum atomic E-state index is -0.906. The summed E-state index contributed by atoms with van der Waals surface area (Å²) in [6.45, 7) is 0.681. The molecule has 1 aromatic rings. The summed E-state index contributed by atoms with van der Waals surface area (Å²) in [5, 5.41) is 11.5. The van der Waals surface area contributed by atoms with E-state index in [0.717, 1.165) is 0 Å². The van der Waals surface area contributed by atoms with Gasteiger partial charge in [0.1, 0.15) is 12.7 Å². The van der Waals surface area contributed by atoms with Gasteiger partial charge in [-0.15, -0.1) is 0 Å². The number of carbonyl (C=O) groups is 2. The van der Waals surface area contributed by atoms with E-state index in [4.69, 9.17) is 14.6 Å². The number of carboxylic acids is 1. The van der Waals surface area contributed by atoms with Crippen LogP contribution in [0, 0.1) is 11.8 Å². The molecule has 1 saturated carbocycles. The van der Waals surface area contributed by atoms with Gasteiger partial charge in [0.2, 0.25) is 5.91 Å². The van der Waals surface area contributed by atoms with Crippen LogP contribution in [0.25, 0.3) is 0 Å². The molecule has 1 unspecified atom stereocenters. The molecule has 6 heteroatoms. The molecular weight excluding hydrogens is 262 g/mol. The Hall–Kier alpha value is -2.24. The molecule has 3 rings (SSSR count). The average Bonchev–Trinajstić information content (AvgIpc) is 3.25. The number of hydrogen-bond acceptors (Lipinski definition) is 4. The Morgan fingerprint density at radius 2 is 2.00 bits per heavy atom. The fraction of sp³-hybridized carbons (Fsp3) is 0.429. The lowest BCUT2D eigenvalue weighted by Gasteiger charge is -2.26. The smallest absolute Gasteiger partial charge is 0.307 e. The molecule has 1 amide bonds. The molecule has 1 aliphatic carbocycles. The van der Waals surface area contributed by atoms with Crippen LogP contribution in [-0.4, -0.2) is 36.2 Å². The fourth-order valence-corrected chi connectivity index (χ4v) is 2.27. The van der Waals surface area contributed by atoms with E-state index in [-0.39, 0.29) is 12.0 Å². The monoisotopic (exact) mass is 277 g/mol. The number of carbonyl (C=O) groups excluding carboxylic acids is 1. The van der Waals surface area contributed by atoms with Crippen LogP contribution in [0.3, 0.4) is 0 Å². The van der Waals surface area contributed by atoms with Crippen molar-refractivity contribution in [2.75, 3.05) is 13.2 Å². The maximum atomic E-state index is 11.7. The summed E-state index contributed by atoms with van der Waals surface area (Å²) in [5.74, 6) is -0.698.